The van der Waals surface area contributed by atoms with Crippen molar-refractivity contribution in [1.82, 2.24) is 40.3 Å². The van der Waals surface area contributed by atoms with Gasteiger partial charge in [0, 0.05) is 36.2 Å². The van der Waals surface area contributed by atoms with E-state index in [1.165, 1.54) is 0 Å². The van der Waals surface area contributed by atoms with Gasteiger partial charge in [-0.25, -0.2) is 18.7 Å². The first-order chi connectivity index (χ1) is 15.1. The molecule has 0 spiro atoms. The Balaban J connectivity index is 1.43. The van der Waals surface area contributed by atoms with Crippen molar-refractivity contribution < 1.29 is 8.78 Å². The van der Waals surface area contributed by atoms with Gasteiger partial charge in [-0.2, -0.15) is 10.2 Å². The maximum atomic E-state index is 13.6. The molecule has 5 aromatic rings. The van der Waals surface area contributed by atoms with Crippen molar-refractivity contribution >= 4 is 22.1 Å². The van der Waals surface area contributed by atoms with Gasteiger partial charge in [-0.05, 0) is 36.5 Å². The monoisotopic (exact) mass is 420 g/mol. The number of pyridine rings is 2. The average molecular weight is 420 g/mol. The number of hydrogen-bond acceptors (Lipinski definition) is 5. The van der Waals surface area contributed by atoms with Crippen molar-refractivity contribution in [3.8, 4) is 22.8 Å². The number of imidazole rings is 1. The van der Waals surface area contributed by atoms with Crippen LogP contribution in [-0.2, 0) is 0 Å². The molecule has 6 rings (SSSR count). The smallest absolute Gasteiger partial charge is 0.248 e. The van der Waals surface area contributed by atoms with E-state index in [4.69, 9.17) is 4.98 Å². The van der Waals surface area contributed by atoms with Gasteiger partial charge in [0.1, 0.15) is 11.2 Å². The first-order valence-corrected chi connectivity index (χ1v) is 10.1. The first-order valence-electron chi connectivity index (χ1n) is 10.1. The molecular weight excluding hydrogens is 402 g/mol. The van der Waals surface area contributed by atoms with E-state index >= 15 is 0 Å². The molecule has 31 heavy (non-hydrogen) atoms. The second-order valence-corrected chi connectivity index (χ2v) is 7.99. The number of aromatic amines is 3. The number of aromatic nitrogens is 8. The Hall–Kier alpha value is -3.69. The molecule has 0 radical (unpaired) electrons. The number of halogens is 2. The summed E-state index contributed by atoms with van der Waals surface area (Å²) >= 11 is 0. The molecule has 3 N–H and O–H groups in total. The first kappa shape index (κ1) is 18.1. The van der Waals surface area contributed by atoms with Gasteiger partial charge in [0.25, 0.3) is 0 Å². The molecule has 1 saturated carbocycles. The minimum absolute atomic E-state index is 0.0501. The van der Waals surface area contributed by atoms with Crippen LogP contribution in [0.1, 0.15) is 37.2 Å². The van der Waals surface area contributed by atoms with E-state index in [1.807, 2.05) is 12.1 Å². The van der Waals surface area contributed by atoms with E-state index in [-0.39, 0.29) is 18.8 Å². The van der Waals surface area contributed by atoms with E-state index in [1.54, 1.807) is 24.8 Å². The normalized spacial score (nSPS) is 17.0. The maximum Gasteiger partial charge on any atom is 0.248 e. The Bertz CT molecular complexity index is 1380. The molecule has 1 aliphatic carbocycles. The fourth-order valence-electron chi connectivity index (χ4n) is 4.37. The maximum absolute atomic E-state index is 13.6. The summed E-state index contributed by atoms with van der Waals surface area (Å²) in [5.41, 5.74) is 5.38. The number of hydrogen-bond donors (Lipinski definition) is 3. The molecule has 5 aromatic heterocycles. The minimum Gasteiger partial charge on any atom is -0.321 e. The van der Waals surface area contributed by atoms with E-state index in [9.17, 15) is 8.78 Å². The minimum atomic E-state index is -2.56. The highest BCUT2D eigenvalue weighted by Crippen LogP contribution is 2.42. The molecule has 8 nitrogen and oxygen atoms in total. The number of H-pyrrole nitrogens is 3. The quantitative estimate of drug-likeness (QED) is 0.396. The lowest BCUT2D eigenvalue weighted by Gasteiger charge is -2.28. The standard InChI is InChI=1S/C21H18F2N8/c22-21(23)4-1-11(2-5-21)13-3-6-24-19-17(13)28-20(29-19)18-14-7-15(12-8-26-27-9-12)25-10-16(14)30-31-18/h3,6-11H,1-2,4-5H2,(H,26,27)(H,30,31)(H,24,28,29). The van der Waals surface area contributed by atoms with Crippen molar-refractivity contribution in [3.05, 3.63) is 42.5 Å². The third kappa shape index (κ3) is 3.06. The van der Waals surface area contributed by atoms with Crippen LogP contribution in [-0.4, -0.2) is 46.3 Å². The molecule has 1 fully saturated rings. The molecule has 0 atom stereocenters. The Kier molecular flexibility index (Phi) is 3.89. The second kappa shape index (κ2) is 6.66. The summed E-state index contributed by atoms with van der Waals surface area (Å²) in [7, 11) is 0. The molecule has 0 unspecified atom stereocenters. The SMILES string of the molecule is FC1(F)CCC(c2ccnc3[nH]c(-c4n[nH]c5cnc(-c6cn[nH]c6)cc45)nc23)CC1. The lowest BCUT2D eigenvalue weighted by Crippen LogP contribution is -2.23. The summed E-state index contributed by atoms with van der Waals surface area (Å²) in [5, 5.41) is 15.1. The number of rotatable bonds is 3. The van der Waals surface area contributed by atoms with Crippen molar-refractivity contribution in [2.24, 2.45) is 0 Å². The van der Waals surface area contributed by atoms with Crippen molar-refractivity contribution in [1.29, 1.82) is 0 Å². The molecule has 0 bridgehead atoms. The van der Waals surface area contributed by atoms with Crippen LogP contribution in [0.15, 0.2) is 36.9 Å². The molecule has 0 amide bonds. The van der Waals surface area contributed by atoms with Gasteiger partial charge in [0.05, 0.1) is 23.6 Å². The van der Waals surface area contributed by atoms with Crippen LogP contribution in [0.5, 0.6) is 0 Å². The zero-order valence-corrected chi connectivity index (χ0v) is 16.4. The highest BCUT2D eigenvalue weighted by molar-refractivity contribution is 5.94. The predicted molar refractivity (Wildman–Crippen MR) is 111 cm³/mol. The van der Waals surface area contributed by atoms with Crippen LogP contribution >= 0.6 is 0 Å². The summed E-state index contributed by atoms with van der Waals surface area (Å²) < 4.78 is 27.2. The van der Waals surface area contributed by atoms with Crippen LogP contribution in [0.25, 0.3) is 44.8 Å². The van der Waals surface area contributed by atoms with Crippen LogP contribution < -0.4 is 0 Å². The zero-order chi connectivity index (χ0) is 21.0. The predicted octanol–water partition coefficient (Wildman–Crippen LogP) is 4.58. The van der Waals surface area contributed by atoms with E-state index < -0.39 is 5.92 Å². The highest BCUT2D eigenvalue weighted by Gasteiger charge is 2.36. The summed E-state index contributed by atoms with van der Waals surface area (Å²) in [4.78, 5) is 16.9. The van der Waals surface area contributed by atoms with Crippen LogP contribution in [0.4, 0.5) is 8.78 Å². The number of fused-ring (bicyclic) bond motifs is 2. The van der Waals surface area contributed by atoms with Gasteiger partial charge in [-0.15, -0.1) is 0 Å². The molecule has 0 aliphatic heterocycles. The molecule has 5 heterocycles. The van der Waals surface area contributed by atoms with Gasteiger partial charge < -0.3 is 4.98 Å². The van der Waals surface area contributed by atoms with Crippen LogP contribution in [0.3, 0.4) is 0 Å². The Labute approximate surface area is 174 Å². The lowest BCUT2D eigenvalue weighted by molar-refractivity contribution is -0.0381. The Morgan fingerprint density at radius 2 is 1.97 bits per heavy atom. The molecular formula is C21H18F2N8. The van der Waals surface area contributed by atoms with Crippen molar-refractivity contribution in [3.63, 3.8) is 0 Å². The van der Waals surface area contributed by atoms with Gasteiger partial charge in [-0.1, -0.05) is 0 Å². The fourth-order valence-corrected chi connectivity index (χ4v) is 4.37. The van der Waals surface area contributed by atoms with Gasteiger partial charge in [0.15, 0.2) is 11.5 Å². The lowest BCUT2D eigenvalue weighted by atomic mass is 9.82. The van der Waals surface area contributed by atoms with Gasteiger partial charge >= 0.3 is 0 Å². The largest absolute Gasteiger partial charge is 0.321 e. The van der Waals surface area contributed by atoms with Gasteiger partial charge in [0.2, 0.25) is 5.92 Å². The molecule has 156 valence electrons. The summed E-state index contributed by atoms with van der Waals surface area (Å²) in [5.74, 6) is -1.94. The molecule has 0 saturated heterocycles. The third-order valence-electron chi connectivity index (χ3n) is 6.04. The average Bonchev–Trinajstić information content (AvgIpc) is 3.51. The zero-order valence-electron chi connectivity index (χ0n) is 16.4. The van der Waals surface area contributed by atoms with Gasteiger partial charge in [-0.3, -0.25) is 15.2 Å². The summed E-state index contributed by atoms with van der Waals surface area (Å²) in [6.07, 6.45) is 7.62. The number of nitrogens with one attached hydrogen (secondary N) is 3. The summed E-state index contributed by atoms with van der Waals surface area (Å²) in [6, 6.07) is 3.83. The third-order valence-corrected chi connectivity index (χ3v) is 6.04. The van der Waals surface area contributed by atoms with E-state index in [0.29, 0.717) is 35.5 Å². The van der Waals surface area contributed by atoms with Crippen LogP contribution in [0.2, 0.25) is 0 Å². The Morgan fingerprint density at radius 1 is 1.10 bits per heavy atom. The van der Waals surface area contributed by atoms with Crippen molar-refractivity contribution in [2.45, 2.75) is 37.5 Å². The number of nitrogens with zero attached hydrogens (tertiary/aromatic N) is 5. The second-order valence-electron chi connectivity index (χ2n) is 7.99. The topological polar surface area (TPSA) is 112 Å². The fraction of sp³-hybridized carbons (Fsp3) is 0.286. The molecule has 10 heteroatoms. The number of alkyl halides is 2. The highest BCUT2D eigenvalue weighted by atomic mass is 19.3. The van der Waals surface area contributed by atoms with E-state index in [2.05, 4.69) is 35.3 Å². The van der Waals surface area contributed by atoms with Crippen molar-refractivity contribution in [2.75, 3.05) is 0 Å². The molecule has 0 aromatic carbocycles. The summed E-state index contributed by atoms with van der Waals surface area (Å²) in [6.45, 7) is 0. The molecule has 1 aliphatic rings. The van der Waals surface area contributed by atoms with E-state index in [0.717, 1.165) is 27.7 Å². The Morgan fingerprint density at radius 3 is 2.77 bits per heavy atom. The van der Waals surface area contributed by atoms with Crippen LogP contribution in [0, 0.1) is 0 Å².